The molecule has 4 heteroatoms. The molecule has 0 aliphatic carbocycles. The fourth-order valence-electron chi connectivity index (χ4n) is 3.44. The lowest BCUT2D eigenvalue weighted by Gasteiger charge is -2.35. The molecule has 4 rings (SSSR count). The van der Waals surface area contributed by atoms with Crippen LogP contribution in [-0.4, -0.2) is 23.4 Å². The van der Waals surface area contributed by atoms with Crippen LogP contribution in [0.1, 0.15) is 42.3 Å². The van der Waals surface area contributed by atoms with Gasteiger partial charge in [-0.2, -0.15) is 0 Å². The average molecular weight is 329 g/mol. The Hall–Kier alpha value is -1.39. The van der Waals surface area contributed by atoms with E-state index in [1.807, 2.05) is 0 Å². The van der Waals surface area contributed by atoms with Crippen LogP contribution in [0.4, 0.5) is 0 Å². The van der Waals surface area contributed by atoms with Crippen LogP contribution < -0.4 is 0 Å². The van der Waals surface area contributed by atoms with Gasteiger partial charge in [-0.3, -0.25) is 4.79 Å². The maximum absolute atomic E-state index is 12.9. The molecule has 1 aliphatic heterocycles. The molecule has 1 atom stereocenters. The third-order valence-electron chi connectivity index (χ3n) is 4.62. The molecule has 1 amide bonds. The standard InChI is InChI=1S/C18H19NOS2/c1-2-12-7-5-6-10-19(12)18(20)16-11-15-17(22-16)13-8-3-4-9-14(13)21-15/h3-4,8-9,11-12H,2,5-7,10H2,1H3/t12-/m1/s1. The topological polar surface area (TPSA) is 20.3 Å². The van der Waals surface area contributed by atoms with E-state index in [1.165, 1.54) is 25.9 Å². The zero-order chi connectivity index (χ0) is 15.1. The lowest BCUT2D eigenvalue weighted by molar-refractivity contribution is 0.0613. The number of benzene rings is 1. The van der Waals surface area contributed by atoms with Gasteiger partial charge in [-0.25, -0.2) is 0 Å². The summed E-state index contributed by atoms with van der Waals surface area (Å²) in [6.07, 6.45) is 4.62. The SMILES string of the molecule is CC[C@@H]1CCCCN1C(=O)c1cc2sc3ccccc3c2s1. The fourth-order valence-corrected chi connectivity index (χ4v) is 5.92. The van der Waals surface area contributed by atoms with E-state index in [0.717, 1.165) is 30.7 Å². The monoisotopic (exact) mass is 329 g/mol. The summed E-state index contributed by atoms with van der Waals surface area (Å²) in [6.45, 7) is 3.11. The Labute approximate surface area is 138 Å². The largest absolute Gasteiger partial charge is 0.335 e. The average Bonchev–Trinajstić information content (AvgIpc) is 3.12. The first kappa shape index (κ1) is 14.2. The Balaban J connectivity index is 1.72. The summed E-state index contributed by atoms with van der Waals surface area (Å²) in [5.74, 6) is 0.240. The lowest BCUT2D eigenvalue weighted by atomic mass is 10.00. The molecule has 1 aliphatic rings. The molecule has 0 N–H and O–H groups in total. The van der Waals surface area contributed by atoms with Crippen LogP contribution >= 0.6 is 22.7 Å². The molecule has 2 nitrogen and oxygen atoms in total. The van der Waals surface area contributed by atoms with Crippen molar-refractivity contribution in [2.24, 2.45) is 0 Å². The van der Waals surface area contributed by atoms with Crippen molar-refractivity contribution in [2.75, 3.05) is 6.54 Å². The molecule has 1 aromatic carbocycles. The van der Waals surface area contributed by atoms with Gasteiger partial charge >= 0.3 is 0 Å². The molecule has 1 saturated heterocycles. The van der Waals surface area contributed by atoms with E-state index in [-0.39, 0.29) is 5.91 Å². The van der Waals surface area contributed by atoms with Crippen molar-refractivity contribution in [1.82, 2.24) is 4.90 Å². The van der Waals surface area contributed by atoms with Crippen LogP contribution in [0.3, 0.4) is 0 Å². The molecule has 3 heterocycles. The Morgan fingerprint density at radius 3 is 2.95 bits per heavy atom. The molecule has 1 fully saturated rings. The van der Waals surface area contributed by atoms with Gasteiger partial charge in [0.1, 0.15) is 0 Å². The van der Waals surface area contributed by atoms with E-state index >= 15 is 0 Å². The van der Waals surface area contributed by atoms with Crippen LogP contribution in [-0.2, 0) is 0 Å². The highest BCUT2D eigenvalue weighted by Crippen LogP contribution is 2.40. The van der Waals surface area contributed by atoms with Crippen molar-refractivity contribution in [3.63, 3.8) is 0 Å². The Kier molecular flexibility index (Phi) is 3.66. The highest BCUT2D eigenvalue weighted by molar-refractivity contribution is 7.33. The predicted octanol–water partition coefficient (Wildman–Crippen LogP) is 5.52. The number of nitrogens with zero attached hydrogens (tertiary/aromatic N) is 1. The van der Waals surface area contributed by atoms with Crippen molar-refractivity contribution < 1.29 is 4.79 Å². The van der Waals surface area contributed by atoms with Crippen LogP contribution in [0.25, 0.3) is 19.5 Å². The van der Waals surface area contributed by atoms with Crippen molar-refractivity contribution in [1.29, 1.82) is 0 Å². The molecule has 22 heavy (non-hydrogen) atoms. The van der Waals surface area contributed by atoms with Crippen LogP contribution in [0.5, 0.6) is 0 Å². The number of rotatable bonds is 2. The normalized spacial score (nSPS) is 19.1. The van der Waals surface area contributed by atoms with Crippen LogP contribution in [0.2, 0.25) is 0 Å². The highest BCUT2D eigenvalue weighted by atomic mass is 32.1. The summed E-state index contributed by atoms with van der Waals surface area (Å²) in [7, 11) is 0. The van der Waals surface area contributed by atoms with Crippen LogP contribution in [0, 0.1) is 0 Å². The van der Waals surface area contributed by atoms with Crippen molar-refractivity contribution in [2.45, 2.75) is 38.6 Å². The van der Waals surface area contributed by atoms with Gasteiger partial charge in [0.2, 0.25) is 0 Å². The molecule has 114 valence electrons. The van der Waals surface area contributed by atoms with Gasteiger partial charge in [0.05, 0.1) is 9.58 Å². The van der Waals surface area contributed by atoms with Crippen molar-refractivity contribution >= 4 is 48.1 Å². The van der Waals surface area contributed by atoms with E-state index in [2.05, 4.69) is 42.2 Å². The summed E-state index contributed by atoms with van der Waals surface area (Å²) in [5, 5.41) is 1.29. The van der Waals surface area contributed by atoms with E-state index < -0.39 is 0 Å². The number of thiophene rings is 2. The lowest BCUT2D eigenvalue weighted by Crippen LogP contribution is -2.43. The molecule has 0 spiro atoms. The summed E-state index contributed by atoms with van der Waals surface area (Å²) < 4.78 is 3.83. The van der Waals surface area contributed by atoms with Gasteiger partial charge in [0.25, 0.3) is 5.91 Å². The summed E-state index contributed by atoms with van der Waals surface area (Å²) in [5.41, 5.74) is 0. The summed E-state index contributed by atoms with van der Waals surface area (Å²) >= 11 is 3.46. The molecular weight excluding hydrogens is 310 g/mol. The zero-order valence-corrected chi connectivity index (χ0v) is 14.3. The fraction of sp³-hybridized carbons (Fsp3) is 0.389. The third kappa shape index (κ3) is 2.25. The second kappa shape index (κ2) is 5.67. The molecule has 3 aromatic rings. The number of hydrogen-bond donors (Lipinski definition) is 0. The molecule has 2 aromatic heterocycles. The quantitative estimate of drug-likeness (QED) is 0.606. The number of likely N-dealkylation sites (tertiary alicyclic amines) is 1. The van der Waals surface area contributed by atoms with Gasteiger partial charge in [-0.1, -0.05) is 25.1 Å². The zero-order valence-electron chi connectivity index (χ0n) is 12.7. The van der Waals surface area contributed by atoms with Gasteiger partial charge in [0.15, 0.2) is 0 Å². The number of hydrogen-bond acceptors (Lipinski definition) is 3. The minimum absolute atomic E-state index is 0.240. The minimum atomic E-state index is 0.240. The molecule has 0 saturated carbocycles. The van der Waals surface area contributed by atoms with Gasteiger partial charge in [0, 0.05) is 27.4 Å². The van der Waals surface area contributed by atoms with Crippen molar-refractivity contribution in [3.05, 3.63) is 35.2 Å². The molecule has 0 bridgehead atoms. The molecule has 0 unspecified atom stereocenters. The predicted molar refractivity (Wildman–Crippen MR) is 96.2 cm³/mol. The summed E-state index contributed by atoms with van der Waals surface area (Å²) in [4.78, 5) is 15.9. The van der Waals surface area contributed by atoms with E-state index in [0.29, 0.717) is 6.04 Å². The van der Waals surface area contributed by atoms with Gasteiger partial charge in [-0.15, -0.1) is 22.7 Å². The third-order valence-corrected chi connectivity index (χ3v) is 7.02. The van der Waals surface area contributed by atoms with E-state index in [4.69, 9.17) is 0 Å². The minimum Gasteiger partial charge on any atom is -0.335 e. The molecule has 0 radical (unpaired) electrons. The summed E-state index contributed by atoms with van der Waals surface area (Å²) in [6, 6.07) is 11.0. The maximum Gasteiger partial charge on any atom is 0.264 e. The van der Waals surface area contributed by atoms with E-state index in [9.17, 15) is 4.79 Å². The molecular formula is C18H19NOS2. The first-order valence-electron chi connectivity index (χ1n) is 8.00. The maximum atomic E-state index is 12.9. The number of fused-ring (bicyclic) bond motifs is 3. The highest BCUT2D eigenvalue weighted by Gasteiger charge is 2.27. The van der Waals surface area contributed by atoms with Crippen LogP contribution in [0.15, 0.2) is 30.3 Å². The van der Waals surface area contributed by atoms with E-state index in [1.54, 1.807) is 22.7 Å². The Bertz CT molecular complexity index is 832. The number of carbonyl (C=O) groups excluding carboxylic acids is 1. The first-order valence-corrected chi connectivity index (χ1v) is 9.63. The number of piperidine rings is 1. The second-order valence-corrected chi connectivity index (χ2v) is 8.09. The van der Waals surface area contributed by atoms with Crippen molar-refractivity contribution in [3.8, 4) is 0 Å². The smallest absolute Gasteiger partial charge is 0.264 e. The Morgan fingerprint density at radius 1 is 1.23 bits per heavy atom. The van der Waals surface area contributed by atoms with Gasteiger partial charge in [-0.05, 0) is 37.8 Å². The number of amides is 1. The second-order valence-electron chi connectivity index (χ2n) is 5.96. The first-order chi connectivity index (χ1) is 10.8. The Morgan fingerprint density at radius 2 is 2.09 bits per heavy atom. The van der Waals surface area contributed by atoms with Gasteiger partial charge < -0.3 is 4.90 Å². The number of carbonyl (C=O) groups is 1.